The summed E-state index contributed by atoms with van der Waals surface area (Å²) in [5.74, 6) is 0.152. The van der Waals surface area contributed by atoms with E-state index in [1.807, 2.05) is 19.1 Å². The van der Waals surface area contributed by atoms with Gasteiger partial charge >= 0.3 is 6.11 Å². The van der Waals surface area contributed by atoms with Crippen molar-refractivity contribution in [3.8, 4) is 11.5 Å². The summed E-state index contributed by atoms with van der Waals surface area (Å²) in [5.41, 5.74) is 0.361. The van der Waals surface area contributed by atoms with E-state index in [9.17, 15) is 13.2 Å². The molecule has 3 aromatic carbocycles. The van der Waals surface area contributed by atoms with Crippen LogP contribution in [0.5, 0.6) is 11.5 Å². The monoisotopic (exact) mass is 428 g/mol. The van der Waals surface area contributed by atoms with Crippen LogP contribution in [-0.4, -0.2) is 6.61 Å². The van der Waals surface area contributed by atoms with Crippen molar-refractivity contribution < 1.29 is 22.6 Å². The Hall–Kier alpha value is -2.95. The topological polar surface area (TPSA) is 18.5 Å². The van der Waals surface area contributed by atoms with E-state index in [4.69, 9.17) is 9.47 Å². The number of halogens is 3. The number of allylic oxidation sites excluding steroid dienone is 1. The maximum absolute atomic E-state index is 14.6. The second-order valence-electron chi connectivity index (χ2n) is 7.43. The van der Waals surface area contributed by atoms with Crippen molar-refractivity contribution in [2.24, 2.45) is 0 Å². The molecule has 3 rings (SSSR count). The van der Waals surface area contributed by atoms with Gasteiger partial charge in [-0.15, -0.1) is 0 Å². The predicted molar refractivity (Wildman–Crippen MR) is 118 cm³/mol. The van der Waals surface area contributed by atoms with Crippen LogP contribution in [0, 0.1) is 5.82 Å². The van der Waals surface area contributed by atoms with Gasteiger partial charge in [-0.1, -0.05) is 38.0 Å². The van der Waals surface area contributed by atoms with Crippen LogP contribution in [0.3, 0.4) is 0 Å². The van der Waals surface area contributed by atoms with E-state index in [0.29, 0.717) is 29.7 Å². The Bertz CT molecular complexity index is 1030. The van der Waals surface area contributed by atoms with Gasteiger partial charge in [-0.05, 0) is 84.6 Å². The first-order valence-electron chi connectivity index (χ1n) is 10.6. The number of alkyl halides is 2. The van der Waals surface area contributed by atoms with Crippen LogP contribution in [0.1, 0.15) is 44.2 Å². The first kappa shape index (κ1) is 22.7. The number of benzene rings is 3. The lowest BCUT2D eigenvalue weighted by Crippen LogP contribution is -2.21. The average molecular weight is 428 g/mol. The maximum atomic E-state index is 14.6. The molecule has 0 N–H and O–H groups in total. The molecule has 0 aliphatic carbocycles. The Balaban J connectivity index is 1.74. The number of rotatable bonds is 10. The molecule has 0 aliphatic heterocycles. The highest BCUT2D eigenvalue weighted by Gasteiger charge is 2.34. The van der Waals surface area contributed by atoms with E-state index < -0.39 is 6.11 Å². The third-order valence-corrected chi connectivity index (χ3v) is 5.04. The summed E-state index contributed by atoms with van der Waals surface area (Å²) in [6.45, 7) is 4.34. The molecule has 5 heteroatoms. The van der Waals surface area contributed by atoms with Crippen LogP contribution in [-0.2, 0) is 12.5 Å². The number of unbranched alkanes of at least 4 members (excludes halogenated alkanes) is 2. The molecule has 0 unspecified atom stereocenters. The Morgan fingerprint density at radius 1 is 0.903 bits per heavy atom. The molecular formula is C26H27F3O2. The summed E-state index contributed by atoms with van der Waals surface area (Å²) in [7, 11) is 0. The van der Waals surface area contributed by atoms with Crippen LogP contribution in [0.25, 0.3) is 10.8 Å². The molecule has 0 aliphatic rings. The van der Waals surface area contributed by atoms with Crippen molar-refractivity contribution in [1.82, 2.24) is 0 Å². The van der Waals surface area contributed by atoms with Crippen molar-refractivity contribution in [1.29, 1.82) is 0 Å². The molecule has 0 fully saturated rings. The largest absolute Gasteiger partial charge is 0.490 e. The van der Waals surface area contributed by atoms with Crippen molar-refractivity contribution in [3.63, 3.8) is 0 Å². The predicted octanol–water partition coefficient (Wildman–Crippen LogP) is 7.79. The fourth-order valence-corrected chi connectivity index (χ4v) is 3.31. The van der Waals surface area contributed by atoms with Crippen LogP contribution in [0.4, 0.5) is 13.2 Å². The van der Waals surface area contributed by atoms with Crippen molar-refractivity contribution in [3.05, 3.63) is 83.7 Å². The third kappa shape index (κ3) is 6.03. The summed E-state index contributed by atoms with van der Waals surface area (Å²) in [5, 5.41) is 1.32. The van der Waals surface area contributed by atoms with Crippen molar-refractivity contribution in [2.75, 3.05) is 6.61 Å². The Kier molecular flexibility index (Phi) is 7.61. The van der Waals surface area contributed by atoms with Gasteiger partial charge in [0.25, 0.3) is 0 Å². The van der Waals surface area contributed by atoms with Gasteiger partial charge < -0.3 is 9.47 Å². The maximum Gasteiger partial charge on any atom is 0.426 e. The molecular weight excluding hydrogens is 401 g/mol. The zero-order chi connectivity index (χ0) is 22.3. The van der Waals surface area contributed by atoms with Gasteiger partial charge in [0.15, 0.2) is 0 Å². The SMILES string of the molecule is C/C=C/COc1ccc(C(F)(F)Oc2ccc3cc(CCCCC)c(F)cc3c2)cc1. The minimum Gasteiger partial charge on any atom is -0.490 e. The lowest BCUT2D eigenvalue weighted by molar-refractivity contribution is -0.185. The lowest BCUT2D eigenvalue weighted by Gasteiger charge is -2.19. The molecule has 0 atom stereocenters. The fraction of sp³-hybridized carbons (Fsp3) is 0.308. The highest BCUT2D eigenvalue weighted by Crippen LogP contribution is 2.34. The minimum absolute atomic E-state index is 0.0240. The Morgan fingerprint density at radius 2 is 1.65 bits per heavy atom. The number of hydrogen-bond donors (Lipinski definition) is 0. The fourth-order valence-electron chi connectivity index (χ4n) is 3.31. The van der Waals surface area contributed by atoms with Gasteiger partial charge in [0.05, 0.1) is 5.56 Å². The molecule has 2 nitrogen and oxygen atoms in total. The number of fused-ring (bicyclic) bond motifs is 1. The summed E-state index contributed by atoms with van der Waals surface area (Å²) in [6, 6.07) is 13.3. The molecule has 31 heavy (non-hydrogen) atoms. The standard InChI is InChI=1S/C26H27F3O2/c1-3-5-7-8-20-16-19-9-12-24(17-21(19)18-25(20)27)31-26(28,29)22-10-13-23(14-11-22)30-15-6-4-2/h4,6,9-14,16-18H,3,5,7-8,15H2,1-2H3/b6-4+. The van der Waals surface area contributed by atoms with Gasteiger partial charge in [-0.3, -0.25) is 0 Å². The highest BCUT2D eigenvalue weighted by atomic mass is 19.3. The van der Waals surface area contributed by atoms with Crippen molar-refractivity contribution in [2.45, 2.75) is 45.6 Å². The molecule has 164 valence electrons. The highest BCUT2D eigenvalue weighted by molar-refractivity contribution is 5.84. The van der Waals surface area contributed by atoms with Crippen molar-refractivity contribution >= 4 is 10.8 Å². The van der Waals surface area contributed by atoms with Gasteiger partial charge in [0, 0.05) is 0 Å². The first-order chi connectivity index (χ1) is 14.9. The lowest BCUT2D eigenvalue weighted by atomic mass is 10.0. The molecule has 0 aromatic heterocycles. The third-order valence-electron chi connectivity index (χ3n) is 5.04. The molecule has 0 spiro atoms. The number of hydrogen-bond acceptors (Lipinski definition) is 2. The van der Waals surface area contributed by atoms with E-state index >= 15 is 0 Å². The summed E-state index contributed by atoms with van der Waals surface area (Å²) >= 11 is 0. The van der Waals surface area contributed by atoms with E-state index in [-0.39, 0.29) is 17.1 Å². The molecule has 0 saturated heterocycles. The zero-order valence-corrected chi connectivity index (χ0v) is 17.8. The summed E-state index contributed by atoms with van der Waals surface area (Å²) in [6.07, 6.45) is 3.83. The molecule has 0 saturated carbocycles. The smallest absolute Gasteiger partial charge is 0.426 e. The number of ether oxygens (including phenoxy) is 2. The molecule has 0 heterocycles. The molecule has 0 amide bonds. The van der Waals surface area contributed by atoms with Crippen LogP contribution in [0.15, 0.2) is 66.7 Å². The quantitative estimate of drug-likeness (QED) is 0.242. The molecule has 0 bridgehead atoms. The van der Waals surface area contributed by atoms with Gasteiger partial charge in [-0.2, -0.15) is 8.78 Å². The second-order valence-corrected chi connectivity index (χ2v) is 7.43. The van der Waals surface area contributed by atoms with E-state index in [2.05, 4.69) is 6.92 Å². The van der Waals surface area contributed by atoms with Gasteiger partial charge in [0.1, 0.15) is 23.9 Å². The summed E-state index contributed by atoms with van der Waals surface area (Å²) < 4.78 is 54.1. The second kappa shape index (κ2) is 10.4. The first-order valence-corrected chi connectivity index (χ1v) is 10.6. The van der Waals surface area contributed by atoms with Crippen LogP contribution >= 0.6 is 0 Å². The van der Waals surface area contributed by atoms with E-state index in [0.717, 1.165) is 24.6 Å². The van der Waals surface area contributed by atoms with Gasteiger partial charge in [0.2, 0.25) is 0 Å². The zero-order valence-electron chi connectivity index (χ0n) is 17.8. The number of aryl methyl sites for hydroxylation is 1. The molecule has 0 radical (unpaired) electrons. The van der Waals surface area contributed by atoms with Crippen LogP contribution < -0.4 is 9.47 Å². The van der Waals surface area contributed by atoms with Gasteiger partial charge in [-0.25, -0.2) is 4.39 Å². The van der Waals surface area contributed by atoms with E-state index in [1.165, 1.54) is 42.5 Å². The normalized spacial score (nSPS) is 11.9. The average Bonchev–Trinajstić information content (AvgIpc) is 2.75. The van der Waals surface area contributed by atoms with Crippen LogP contribution in [0.2, 0.25) is 0 Å². The Morgan fingerprint density at radius 3 is 2.35 bits per heavy atom. The Labute approximate surface area is 181 Å². The van der Waals surface area contributed by atoms with E-state index in [1.54, 1.807) is 12.1 Å². The minimum atomic E-state index is -3.53. The summed E-state index contributed by atoms with van der Waals surface area (Å²) in [4.78, 5) is 0. The molecule has 3 aromatic rings.